The second-order valence-corrected chi connectivity index (χ2v) is 4.18. The molecule has 0 aliphatic heterocycles. The summed E-state index contributed by atoms with van der Waals surface area (Å²) in [5.74, 6) is -1.67. The molecule has 0 aromatic heterocycles. The van der Waals surface area contributed by atoms with Gasteiger partial charge in [0.2, 0.25) is 0 Å². The summed E-state index contributed by atoms with van der Waals surface area (Å²) in [6.07, 6.45) is 2.27. The van der Waals surface area contributed by atoms with E-state index in [1.165, 1.54) is 6.07 Å². The van der Waals surface area contributed by atoms with Gasteiger partial charge in [0.25, 0.3) is 0 Å². The van der Waals surface area contributed by atoms with E-state index in [9.17, 15) is 8.78 Å². The Morgan fingerprint density at radius 1 is 1.29 bits per heavy atom. The van der Waals surface area contributed by atoms with Gasteiger partial charge in [0.15, 0.2) is 11.6 Å². The summed E-state index contributed by atoms with van der Waals surface area (Å²) in [6, 6.07) is 3.66. The lowest BCUT2D eigenvalue weighted by molar-refractivity contribution is 0.0726. The Labute approximate surface area is 101 Å². The van der Waals surface area contributed by atoms with Crippen LogP contribution in [0.5, 0.6) is 0 Å². The minimum Gasteiger partial charge on any atom is -0.380 e. The monoisotopic (exact) mass is 243 g/mol. The SMILES string of the molecule is CCCC(OC)C(N)Cc1ccc(F)c(F)c1. The number of halogens is 2. The van der Waals surface area contributed by atoms with E-state index >= 15 is 0 Å². The van der Waals surface area contributed by atoms with E-state index in [0.29, 0.717) is 12.0 Å². The van der Waals surface area contributed by atoms with Gasteiger partial charge in [-0.1, -0.05) is 19.4 Å². The molecule has 96 valence electrons. The van der Waals surface area contributed by atoms with E-state index < -0.39 is 11.6 Å². The van der Waals surface area contributed by atoms with Crippen LogP contribution in [-0.2, 0) is 11.2 Å². The summed E-state index contributed by atoms with van der Waals surface area (Å²) < 4.78 is 31.1. The number of methoxy groups -OCH3 is 1. The third kappa shape index (κ3) is 4.06. The zero-order valence-electron chi connectivity index (χ0n) is 10.2. The lowest BCUT2D eigenvalue weighted by atomic mass is 9.99. The van der Waals surface area contributed by atoms with E-state index in [1.807, 2.05) is 0 Å². The molecule has 2 nitrogen and oxygen atoms in total. The summed E-state index contributed by atoms with van der Waals surface area (Å²) in [7, 11) is 1.62. The minimum atomic E-state index is -0.834. The maximum absolute atomic E-state index is 13.0. The van der Waals surface area contributed by atoms with Crippen LogP contribution in [0.2, 0.25) is 0 Å². The highest BCUT2D eigenvalue weighted by Crippen LogP contribution is 2.13. The Bertz CT molecular complexity index is 357. The van der Waals surface area contributed by atoms with Crippen molar-refractivity contribution >= 4 is 0 Å². The van der Waals surface area contributed by atoms with Crippen molar-refractivity contribution in [1.29, 1.82) is 0 Å². The Kier molecular flexibility index (Phi) is 5.51. The first kappa shape index (κ1) is 14.1. The van der Waals surface area contributed by atoms with Crippen molar-refractivity contribution < 1.29 is 13.5 Å². The van der Waals surface area contributed by atoms with Gasteiger partial charge < -0.3 is 10.5 Å². The molecule has 0 saturated heterocycles. The van der Waals surface area contributed by atoms with Crippen LogP contribution in [-0.4, -0.2) is 19.3 Å². The first-order valence-electron chi connectivity index (χ1n) is 5.80. The number of nitrogens with two attached hydrogens (primary N) is 1. The van der Waals surface area contributed by atoms with Gasteiger partial charge in [0.1, 0.15) is 0 Å². The second kappa shape index (κ2) is 6.67. The Balaban J connectivity index is 2.66. The highest BCUT2D eigenvalue weighted by molar-refractivity contribution is 5.19. The van der Waals surface area contributed by atoms with Crippen LogP contribution >= 0.6 is 0 Å². The molecule has 0 aliphatic rings. The fourth-order valence-electron chi connectivity index (χ4n) is 1.86. The largest absolute Gasteiger partial charge is 0.380 e. The maximum Gasteiger partial charge on any atom is 0.159 e. The van der Waals surface area contributed by atoms with Gasteiger partial charge in [0.05, 0.1) is 6.10 Å². The predicted octanol–water partition coefficient (Wildman–Crippen LogP) is 2.65. The molecule has 1 aromatic carbocycles. The molecule has 0 bridgehead atoms. The average Bonchev–Trinajstić information content (AvgIpc) is 2.30. The van der Waals surface area contributed by atoms with Crippen molar-refractivity contribution in [2.45, 2.75) is 38.3 Å². The van der Waals surface area contributed by atoms with Gasteiger partial charge in [-0.25, -0.2) is 8.78 Å². The van der Waals surface area contributed by atoms with E-state index in [0.717, 1.165) is 18.9 Å². The van der Waals surface area contributed by atoms with Crippen molar-refractivity contribution in [2.75, 3.05) is 7.11 Å². The Morgan fingerprint density at radius 2 is 2.00 bits per heavy atom. The smallest absolute Gasteiger partial charge is 0.159 e. The maximum atomic E-state index is 13.0. The summed E-state index contributed by atoms with van der Waals surface area (Å²) in [5.41, 5.74) is 6.68. The van der Waals surface area contributed by atoms with Gasteiger partial charge in [-0.05, 0) is 30.5 Å². The van der Waals surface area contributed by atoms with Crippen LogP contribution in [0.25, 0.3) is 0 Å². The number of hydrogen-bond acceptors (Lipinski definition) is 2. The summed E-state index contributed by atoms with van der Waals surface area (Å²) in [6.45, 7) is 2.05. The van der Waals surface area contributed by atoms with Crippen molar-refractivity contribution in [3.8, 4) is 0 Å². The fourth-order valence-corrected chi connectivity index (χ4v) is 1.86. The van der Waals surface area contributed by atoms with Gasteiger partial charge in [0, 0.05) is 13.2 Å². The highest BCUT2D eigenvalue weighted by atomic mass is 19.2. The van der Waals surface area contributed by atoms with E-state index in [1.54, 1.807) is 13.2 Å². The number of ether oxygens (including phenoxy) is 1. The van der Waals surface area contributed by atoms with Gasteiger partial charge in [-0.3, -0.25) is 0 Å². The van der Waals surface area contributed by atoms with Gasteiger partial charge in [-0.15, -0.1) is 0 Å². The first-order valence-corrected chi connectivity index (χ1v) is 5.80. The number of hydrogen-bond donors (Lipinski definition) is 1. The molecule has 17 heavy (non-hydrogen) atoms. The predicted molar refractivity (Wildman–Crippen MR) is 63.7 cm³/mol. The summed E-state index contributed by atoms with van der Waals surface area (Å²) in [5, 5.41) is 0. The van der Waals surface area contributed by atoms with Gasteiger partial charge >= 0.3 is 0 Å². The zero-order chi connectivity index (χ0) is 12.8. The molecule has 0 amide bonds. The summed E-state index contributed by atoms with van der Waals surface area (Å²) >= 11 is 0. The molecule has 1 rings (SSSR count). The van der Waals surface area contributed by atoms with E-state index in [-0.39, 0.29) is 12.1 Å². The molecule has 2 atom stereocenters. The fraction of sp³-hybridized carbons (Fsp3) is 0.538. The molecule has 0 heterocycles. The van der Waals surface area contributed by atoms with E-state index in [4.69, 9.17) is 10.5 Å². The molecule has 0 spiro atoms. The molecule has 1 aromatic rings. The topological polar surface area (TPSA) is 35.2 Å². The van der Waals surface area contributed by atoms with Crippen LogP contribution in [0.1, 0.15) is 25.3 Å². The van der Waals surface area contributed by atoms with Crippen molar-refractivity contribution in [3.05, 3.63) is 35.4 Å². The molecule has 2 unspecified atom stereocenters. The lowest BCUT2D eigenvalue weighted by Crippen LogP contribution is -2.37. The van der Waals surface area contributed by atoms with Crippen molar-refractivity contribution in [2.24, 2.45) is 5.73 Å². The highest BCUT2D eigenvalue weighted by Gasteiger charge is 2.17. The standard InChI is InChI=1S/C13H19F2NO/c1-3-4-13(17-2)12(16)8-9-5-6-10(14)11(15)7-9/h5-7,12-13H,3-4,8,16H2,1-2H3. The Hall–Kier alpha value is -1.00. The quantitative estimate of drug-likeness (QED) is 0.833. The zero-order valence-corrected chi connectivity index (χ0v) is 10.2. The van der Waals surface area contributed by atoms with Gasteiger partial charge in [-0.2, -0.15) is 0 Å². The third-order valence-electron chi connectivity index (χ3n) is 2.81. The van der Waals surface area contributed by atoms with Crippen LogP contribution in [0.15, 0.2) is 18.2 Å². The van der Waals surface area contributed by atoms with Crippen LogP contribution in [0, 0.1) is 11.6 Å². The molecule has 2 N–H and O–H groups in total. The van der Waals surface area contributed by atoms with Crippen LogP contribution in [0.4, 0.5) is 8.78 Å². The van der Waals surface area contributed by atoms with Crippen LogP contribution < -0.4 is 5.73 Å². The molecule has 0 aliphatic carbocycles. The molecule has 0 radical (unpaired) electrons. The molecule has 0 fully saturated rings. The minimum absolute atomic E-state index is 0.0480. The Morgan fingerprint density at radius 3 is 2.53 bits per heavy atom. The van der Waals surface area contributed by atoms with Crippen LogP contribution in [0.3, 0.4) is 0 Å². The van der Waals surface area contributed by atoms with E-state index in [2.05, 4.69) is 6.92 Å². The number of rotatable bonds is 6. The second-order valence-electron chi connectivity index (χ2n) is 4.18. The number of benzene rings is 1. The normalized spacial score (nSPS) is 14.6. The van der Waals surface area contributed by atoms with Crippen molar-refractivity contribution in [3.63, 3.8) is 0 Å². The first-order chi connectivity index (χ1) is 8.08. The van der Waals surface area contributed by atoms with Crippen molar-refractivity contribution in [1.82, 2.24) is 0 Å². The molecular formula is C13H19F2NO. The molecular weight excluding hydrogens is 224 g/mol. The third-order valence-corrected chi connectivity index (χ3v) is 2.81. The molecule has 0 saturated carbocycles. The molecule has 4 heteroatoms. The average molecular weight is 243 g/mol. The summed E-state index contributed by atoms with van der Waals surface area (Å²) in [4.78, 5) is 0. The lowest BCUT2D eigenvalue weighted by Gasteiger charge is -2.22.